The van der Waals surface area contributed by atoms with Crippen LogP contribution in [0.5, 0.6) is 0 Å². The van der Waals surface area contributed by atoms with Crippen LogP contribution in [-0.2, 0) is 10.0 Å². The van der Waals surface area contributed by atoms with E-state index < -0.39 is 33.5 Å². The van der Waals surface area contributed by atoms with Crippen LogP contribution in [0.1, 0.15) is 26.2 Å². The summed E-state index contributed by atoms with van der Waals surface area (Å²) in [6, 6.07) is 0. The largest absolute Gasteiger partial charge is 0.392 e. The van der Waals surface area contributed by atoms with E-state index in [2.05, 4.69) is 0 Å². The van der Waals surface area contributed by atoms with Crippen LogP contribution in [0.15, 0.2) is 0 Å². The smallest absolute Gasteiger partial charge is 0.389 e. The Morgan fingerprint density at radius 3 is 2.22 bits per heavy atom. The lowest BCUT2D eigenvalue weighted by Crippen LogP contribution is -2.49. The van der Waals surface area contributed by atoms with Crippen LogP contribution in [-0.4, -0.2) is 49.0 Å². The first kappa shape index (κ1) is 15.7. The van der Waals surface area contributed by atoms with Crippen molar-refractivity contribution in [1.29, 1.82) is 0 Å². The van der Waals surface area contributed by atoms with Crippen molar-refractivity contribution in [3.05, 3.63) is 0 Å². The molecular formula is C10H18F3NO3S. The highest BCUT2D eigenvalue weighted by molar-refractivity contribution is 7.89. The molecule has 18 heavy (non-hydrogen) atoms. The lowest BCUT2D eigenvalue weighted by Gasteiger charge is -2.39. The van der Waals surface area contributed by atoms with E-state index in [1.165, 1.54) is 7.05 Å². The lowest BCUT2D eigenvalue weighted by atomic mass is 9.80. The number of halogens is 3. The van der Waals surface area contributed by atoms with Crippen LogP contribution < -0.4 is 0 Å². The Morgan fingerprint density at radius 1 is 1.39 bits per heavy atom. The predicted molar refractivity (Wildman–Crippen MR) is 60.4 cm³/mol. The van der Waals surface area contributed by atoms with Gasteiger partial charge < -0.3 is 5.11 Å². The Bertz CT molecular complexity index is 390. The van der Waals surface area contributed by atoms with Crippen molar-refractivity contribution in [3.63, 3.8) is 0 Å². The molecule has 0 aromatic carbocycles. The summed E-state index contributed by atoms with van der Waals surface area (Å²) in [5, 5.41) is 9.81. The molecular weight excluding hydrogens is 271 g/mol. The fourth-order valence-corrected chi connectivity index (χ4v) is 3.31. The summed E-state index contributed by atoms with van der Waals surface area (Å²) in [4.78, 5) is 0. The maximum Gasteiger partial charge on any atom is 0.392 e. The molecule has 1 saturated carbocycles. The average molecular weight is 289 g/mol. The van der Waals surface area contributed by atoms with Gasteiger partial charge in [-0.15, -0.1) is 0 Å². The molecule has 0 radical (unpaired) electrons. The number of likely N-dealkylation sites (N-methyl/N-ethyl adjacent to an activating group) is 1. The molecule has 0 aromatic rings. The highest BCUT2D eigenvalue weighted by Gasteiger charge is 2.42. The normalized spacial score (nSPS) is 21.7. The third-order valence-electron chi connectivity index (χ3n) is 3.30. The second-order valence-electron chi connectivity index (χ2n) is 5.06. The summed E-state index contributed by atoms with van der Waals surface area (Å²) in [6.45, 7) is 0.698. The van der Waals surface area contributed by atoms with Gasteiger partial charge in [0.15, 0.2) is 0 Å². The molecule has 0 saturated heterocycles. The van der Waals surface area contributed by atoms with E-state index >= 15 is 0 Å². The van der Waals surface area contributed by atoms with Gasteiger partial charge >= 0.3 is 6.18 Å². The van der Waals surface area contributed by atoms with Gasteiger partial charge in [-0.05, 0) is 19.3 Å². The molecule has 0 heterocycles. The quantitative estimate of drug-likeness (QED) is 0.831. The highest BCUT2D eigenvalue weighted by atomic mass is 32.2. The molecule has 1 rings (SSSR count). The van der Waals surface area contributed by atoms with Crippen LogP contribution in [0.4, 0.5) is 13.2 Å². The molecule has 0 aliphatic heterocycles. The molecule has 108 valence electrons. The van der Waals surface area contributed by atoms with Gasteiger partial charge in [-0.25, -0.2) is 12.7 Å². The molecule has 1 aliphatic rings. The summed E-state index contributed by atoms with van der Waals surface area (Å²) in [5.41, 5.74) is -1.07. The molecule has 1 unspecified atom stereocenters. The van der Waals surface area contributed by atoms with Gasteiger partial charge in [-0.2, -0.15) is 13.2 Å². The minimum Gasteiger partial charge on any atom is -0.389 e. The first-order valence-corrected chi connectivity index (χ1v) is 7.30. The number of hydrogen-bond acceptors (Lipinski definition) is 3. The summed E-state index contributed by atoms with van der Waals surface area (Å²) < 4.78 is 61.2. The first-order chi connectivity index (χ1) is 7.96. The van der Waals surface area contributed by atoms with Crippen molar-refractivity contribution in [2.45, 2.75) is 38.0 Å². The first-order valence-electron chi connectivity index (χ1n) is 5.69. The Balaban J connectivity index is 2.63. The van der Waals surface area contributed by atoms with Crippen LogP contribution in [0, 0.1) is 5.92 Å². The fourth-order valence-electron chi connectivity index (χ4n) is 1.79. The van der Waals surface area contributed by atoms with Gasteiger partial charge in [0.05, 0.1) is 17.3 Å². The summed E-state index contributed by atoms with van der Waals surface area (Å²) in [7, 11) is -2.80. The van der Waals surface area contributed by atoms with E-state index in [9.17, 15) is 26.7 Å². The molecule has 8 heteroatoms. The zero-order valence-corrected chi connectivity index (χ0v) is 11.2. The minimum absolute atomic E-state index is 0.139. The molecule has 1 atom stereocenters. The zero-order valence-electron chi connectivity index (χ0n) is 10.4. The second-order valence-corrected chi connectivity index (χ2v) is 7.18. The molecule has 1 N–H and O–H groups in total. The monoisotopic (exact) mass is 289 g/mol. The fraction of sp³-hybridized carbons (Fsp3) is 1.00. The summed E-state index contributed by atoms with van der Waals surface area (Å²) in [6.07, 6.45) is -2.74. The third-order valence-corrected chi connectivity index (χ3v) is 5.30. The Labute approximate surface area is 105 Å². The van der Waals surface area contributed by atoms with Crippen LogP contribution in [0.3, 0.4) is 0 Å². The SMILES string of the molecule is CC(CS(=O)(=O)N(C)CC1(O)CCC1)C(F)(F)F. The Morgan fingerprint density at radius 2 is 1.89 bits per heavy atom. The van der Waals surface area contributed by atoms with E-state index in [1.54, 1.807) is 0 Å². The molecule has 0 spiro atoms. The number of aliphatic hydroxyl groups is 1. The van der Waals surface area contributed by atoms with Gasteiger partial charge in [-0.3, -0.25) is 0 Å². The molecule has 1 aliphatic carbocycles. The lowest BCUT2D eigenvalue weighted by molar-refractivity contribution is -0.163. The van der Waals surface area contributed by atoms with E-state index in [-0.39, 0.29) is 6.54 Å². The molecule has 4 nitrogen and oxygen atoms in total. The second kappa shape index (κ2) is 4.97. The van der Waals surface area contributed by atoms with Gasteiger partial charge in [0.1, 0.15) is 0 Å². The van der Waals surface area contributed by atoms with Crippen molar-refractivity contribution >= 4 is 10.0 Å². The topological polar surface area (TPSA) is 57.6 Å². The van der Waals surface area contributed by atoms with Crippen molar-refractivity contribution in [1.82, 2.24) is 4.31 Å². The maximum absolute atomic E-state index is 12.3. The number of rotatable bonds is 5. The number of alkyl halides is 3. The van der Waals surface area contributed by atoms with Crippen molar-refractivity contribution in [3.8, 4) is 0 Å². The number of hydrogen-bond donors (Lipinski definition) is 1. The van der Waals surface area contributed by atoms with Gasteiger partial charge in [0.2, 0.25) is 10.0 Å². The number of sulfonamides is 1. The molecule has 0 aromatic heterocycles. The van der Waals surface area contributed by atoms with Crippen molar-refractivity contribution in [2.75, 3.05) is 19.3 Å². The van der Waals surface area contributed by atoms with E-state index in [1.807, 2.05) is 0 Å². The van der Waals surface area contributed by atoms with E-state index in [0.29, 0.717) is 12.8 Å². The van der Waals surface area contributed by atoms with E-state index in [0.717, 1.165) is 17.6 Å². The summed E-state index contributed by atoms with van der Waals surface area (Å²) >= 11 is 0. The Hall–Kier alpha value is -0.340. The molecule has 0 amide bonds. The van der Waals surface area contributed by atoms with Crippen LogP contribution in [0.25, 0.3) is 0 Å². The minimum atomic E-state index is -4.53. The van der Waals surface area contributed by atoms with Crippen molar-refractivity contribution < 1.29 is 26.7 Å². The standard InChI is InChI=1S/C10H18F3NO3S/c1-8(10(11,12)13)6-18(16,17)14(2)7-9(15)4-3-5-9/h8,15H,3-7H2,1-2H3. The van der Waals surface area contributed by atoms with Crippen molar-refractivity contribution in [2.24, 2.45) is 5.92 Å². The average Bonchev–Trinajstić information content (AvgIpc) is 2.12. The van der Waals surface area contributed by atoms with Crippen LogP contribution in [0.2, 0.25) is 0 Å². The number of nitrogens with zero attached hydrogens (tertiary/aromatic N) is 1. The molecule has 1 fully saturated rings. The van der Waals surface area contributed by atoms with Gasteiger partial charge in [-0.1, -0.05) is 6.92 Å². The van der Waals surface area contributed by atoms with E-state index in [4.69, 9.17) is 0 Å². The maximum atomic E-state index is 12.3. The third kappa shape index (κ3) is 3.83. The predicted octanol–water partition coefficient (Wildman–Crippen LogP) is 1.36. The Kier molecular flexibility index (Phi) is 4.34. The van der Waals surface area contributed by atoms with Gasteiger partial charge in [0, 0.05) is 13.6 Å². The molecule has 0 bridgehead atoms. The van der Waals surface area contributed by atoms with Gasteiger partial charge in [0.25, 0.3) is 0 Å². The van der Waals surface area contributed by atoms with Crippen LogP contribution >= 0.6 is 0 Å². The summed E-state index contributed by atoms with van der Waals surface area (Å²) in [5.74, 6) is -2.90. The highest BCUT2D eigenvalue weighted by Crippen LogP contribution is 2.33. The zero-order chi connectivity index (χ0) is 14.2.